The maximum atomic E-state index is 12.6. The van der Waals surface area contributed by atoms with E-state index in [-0.39, 0.29) is 5.41 Å². The number of halogens is 3. The van der Waals surface area contributed by atoms with Crippen LogP contribution in [0.25, 0.3) is 6.08 Å². The third kappa shape index (κ3) is 4.15. The number of ether oxygens (including phenoxy) is 2. The van der Waals surface area contributed by atoms with E-state index >= 15 is 0 Å². The van der Waals surface area contributed by atoms with Gasteiger partial charge in [-0.25, -0.2) is 0 Å². The molecule has 2 nitrogen and oxygen atoms in total. The number of alkyl halides is 3. The molecule has 1 fully saturated rings. The van der Waals surface area contributed by atoms with Gasteiger partial charge in [-0.3, -0.25) is 0 Å². The van der Waals surface area contributed by atoms with E-state index in [1.54, 1.807) is 0 Å². The molecule has 0 N–H and O–H groups in total. The van der Waals surface area contributed by atoms with Gasteiger partial charge in [0, 0.05) is 5.41 Å². The van der Waals surface area contributed by atoms with Crippen LogP contribution in [-0.4, -0.2) is 19.0 Å². The fraction of sp³-hybridized carbons (Fsp3) is 0.500. The van der Waals surface area contributed by atoms with Crippen molar-refractivity contribution in [1.82, 2.24) is 0 Å². The summed E-state index contributed by atoms with van der Waals surface area (Å²) in [5, 5.41) is 0. The van der Waals surface area contributed by atoms with Crippen LogP contribution < -0.4 is 0 Å². The molecular weight excluding hydrogens is 329 g/mol. The summed E-state index contributed by atoms with van der Waals surface area (Å²) in [5.41, 5.74) is 2.62. The number of allylic oxidation sites excluding steroid dienone is 3. The molecule has 0 atom stereocenters. The van der Waals surface area contributed by atoms with Crippen LogP contribution in [0.2, 0.25) is 0 Å². The lowest BCUT2D eigenvalue weighted by Crippen LogP contribution is -2.45. The lowest BCUT2D eigenvalue weighted by molar-refractivity contribution is -0.283. The summed E-state index contributed by atoms with van der Waals surface area (Å²) in [7, 11) is 0. The van der Waals surface area contributed by atoms with Crippen LogP contribution in [0.5, 0.6) is 0 Å². The zero-order valence-electron chi connectivity index (χ0n) is 14.7. The van der Waals surface area contributed by atoms with Crippen molar-refractivity contribution in [2.75, 3.05) is 13.2 Å². The Morgan fingerprint density at radius 2 is 1.56 bits per heavy atom. The molecule has 1 aliphatic carbocycles. The second-order valence-electron chi connectivity index (χ2n) is 7.59. The molecular formula is C20H23F3O2. The van der Waals surface area contributed by atoms with Crippen molar-refractivity contribution in [3.05, 3.63) is 52.6 Å². The largest absolute Gasteiger partial charge is 0.416 e. The molecule has 3 rings (SSSR count). The molecule has 0 bridgehead atoms. The molecule has 1 heterocycles. The molecule has 1 saturated heterocycles. The van der Waals surface area contributed by atoms with Gasteiger partial charge >= 0.3 is 6.18 Å². The number of hydrogen-bond acceptors (Lipinski definition) is 2. The van der Waals surface area contributed by atoms with Gasteiger partial charge in [0.1, 0.15) is 0 Å². The highest BCUT2D eigenvalue weighted by Crippen LogP contribution is 2.46. The standard InChI is InChI=1S/C20H23F3O2/c1-14-10-19(12-24-18(2,3)25-13-19)11-16(14)7-4-15-5-8-17(9-6-15)20(21,22)23/h4-9H,10-13H2,1-3H3/b7-4-. The molecule has 1 aromatic rings. The normalized spacial score (nSPS) is 23.0. The third-order valence-electron chi connectivity index (χ3n) is 4.92. The van der Waals surface area contributed by atoms with Gasteiger partial charge in [0.05, 0.1) is 18.8 Å². The average Bonchev–Trinajstić information content (AvgIpc) is 2.85. The third-order valence-corrected chi connectivity index (χ3v) is 4.92. The van der Waals surface area contributed by atoms with Gasteiger partial charge in [-0.1, -0.05) is 29.9 Å². The predicted molar refractivity (Wildman–Crippen MR) is 90.8 cm³/mol. The molecule has 136 valence electrons. The Morgan fingerprint density at radius 3 is 2.12 bits per heavy atom. The van der Waals surface area contributed by atoms with Crippen LogP contribution in [-0.2, 0) is 15.7 Å². The highest BCUT2D eigenvalue weighted by atomic mass is 19.4. The van der Waals surface area contributed by atoms with Crippen molar-refractivity contribution in [2.45, 2.75) is 45.6 Å². The van der Waals surface area contributed by atoms with Crippen molar-refractivity contribution in [3.63, 3.8) is 0 Å². The van der Waals surface area contributed by atoms with E-state index in [4.69, 9.17) is 9.47 Å². The van der Waals surface area contributed by atoms with E-state index in [2.05, 4.69) is 6.92 Å². The Hall–Kier alpha value is -1.59. The van der Waals surface area contributed by atoms with Gasteiger partial charge in [0.2, 0.25) is 0 Å². The second kappa shape index (κ2) is 6.29. The molecule has 2 aliphatic rings. The van der Waals surface area contributed by atoms with Crippen LogP contribution in [0.3, 0.4) is 0 Å². The van der Waals surface area contributed by atoms with Crippen molar-refractivity contribution >= 4 is 6.08 Å². The molecule has 0 radical (unpaired) electrons. The maximum absolute atomic E-state index is 12.6. The van der Waals surface area contributed by atoms with Gasteiger partial charge in [-0.05, 0) is 56.9 Å². The van der Waals surface area contributed by atoms with Gasteiger partial charge in [-0.15, -0.1) is 0 Å². The van der Waals surface area contributed by atoms with Gasteiger partial charge in [0.25, 0.3) is 0 Å². The molecule has 0 aromatic heterocycles. The van der Waals surface area contributed by atoms with Crippen molar-refractivity contribution < 1.29 is 22.6 Å². The fourth-order valence-corrected chi connectivity index (χ4v) is 3.42. The van der Waals surface area contributed by atoms with Crippen LogP contribution in [0.1, 0.15) is 44.7 Å². The summed E-state index contributed by atoms with van der Waals surface area (Å²) in [6, 6.07) is 5.22. The fourth-order valence-electron chi connectivity index (χ4n) is 3.42. The minimum Gasteiger partial charge on any atom is -0.350 e. The predicted octanol–water partition coefficient (Wildman–Crippen LogP) is 5.60. The quantitative estimate of drug-likeness (QED) is 0.690. The summed E-state index contributed by atoms with van der Waals surface area (Å²) >= 11 is 0. The Kier molecular flexibility index (Phi) is 4.58. The van der Waals surface area contributed by atoms with E-state index in [0.29, 0.717) is 13.2 Å². The van der Waals surface area contributed by atoms with Crippen molar-refractivity contribution in [2.24, 2.45) is 5.41 Å². The number of rotatable bonds is 2. The first kappa shape index (κ1) is 18.2. The Morgan fingerprint density at radius 1 is 0.960 bits per heavy atom. The minimum absolute atomic E-state index is 0.0145. The first-order valence-corrected chi connectivity index (χ1v) is 8.41. The molecule has 25 heavy (non-hydrogen) atoms. The van der Waals surface area contributed by atoms with Crippen LogP contribution in [0.4, 0.5) is 13.2 Å². The first-order valence-electron chi connectivity index (χ1n) is 8.41. The highest BCUT2D eigenvalue weighted by molar-refractivity contribution is 5.55. The van der Waals surface area contributed by atoms with Crippen molar-refractivity contribution in [3.8, 4) is 0 Å². The van der Waals surface area contributed by atoms with Crippen LogP contribution >= 0.6 is 0 Å². The van der Waals surface area contributed by atoms with E-state index in [9.17, 15) is 13.2 Å². The average molecular weight is 352 g/mol. The first-order chi connectivity index (χ1) is 11.6. The molecule has 0 unspecified atom stereocenters. The topological polar surface area (TPSA) is 18.5 Å². The summed E-state index contributed by atoms with van der Waals surface area (Å²) in [5.74, 6) is -0.530. The lowest BCUT2D eigenvalue weighted by atomic mass is 9.84. The number of benzene rings is 1. The molecule has 1 aromatic carbocycles. The minimum atomic E-state index is -4.30. The van der Waals surface area contributed by atoms with Crippen LogP contribution in [0, 0.1) is 5.41 Å². The number of hydrogen-bond donors (Lipinski definition) is 0. The lowest BCUT2D eigenvalue weighted by Gasteiger charge is -2.41. The monoisotopic (exact) mass is 352 g/mol. The molecule has 1 aliphatic heterocycles. The maximum Gasteiger partial charge on any atom is 0.416 e. The summed E-state index contributed by atoms with van der Waals surface area (Å²) in [6.07, 6.45) is 1.37. The van der Waals surface area contributed by atoms with E-state index in [0.717, 1.165) is 30.5 Å². The van der Waals surface area contributed by atoms with Gasteiger partial charge in [0.15, 0.2) is 5.79 Å². The van der Waals surface area contributed by atoms with Crippen molar-refractivity contribution in [1.29, 1.82) is 0 Å². The second-order valence-corrected chi connectivity index (χ2v) is 7.59. The van der Waals surface area contributed by atoms with E-state index < -0.39 is 17.5 Å². The Labute approximate surface area is 146 Å². The van der Waals surface area contributed by atoms with Crippen LogP contribution in [0.15, 0.2) is 41.5 Å². The highest BCUT2D eigenvalue weighted by Gasteiger charge is 2.43. The molecule has 1 spiro atoms. The molecule has 0 saturated carbocycles. The van der Waals surface area contributed by atoms with Gasteiger partial charge < -0.3 is 9.47 Å². The summed E-state index contributed by atoms with van der Waals surface area (Å²) < 4.78 is 49.5. The molecule has 0 amide bonds. The summed E-state index contributed by atoms with van der Waals surface area (Å²) in [6.45, 7) is 7.26. The zero-order valence-corrected chi connectivity index (χ0v) is 14.7. The van der Waals surface area contributed by atoms with E-state index in [1.807, 2.05) is 26.0 Å². The van der Waals surface area contributed by atoms with Gasteiger partial charge in [-0.2, -0.15) is 13.2 Å². The zero-order chi connectivity index (χ0) is 18.3. The summed E-state index contributed by atoms with van der Waals surface area (Å²) in [4.78, 5) is 0. The smallest absolute Gasteiger partial charge is 0.350 e. The Balaban J connectivity index is 1.67. The Bertz CT molecular complexity index is 687. The molecule has 5 heteroatoms. The SMILES string of the molecule is CC1=C(/C=C\c2ccc(C(F)(F)F)cc2)CC2(COC(C)(C)OC2)C1. The van der Waals surface area contributed by atoms with E-state index in [1.165, 1.54) is 23.3 Å².